The average Bonchev–Trinajstić information content (AvgIpc) is 3.04. The van der Waals surface area contributed by atoms with Gasteiger partial charge in [0.1, 0.15) is 17.4 Å². The number of halogens is 3. The number of urea groups is 1. The molecule has 142 valence electrons. The van der Waals surface area contributed by atoms with Crippen LogP contribution in [0.25, 0.3) is 0 Å². The van der Waals surface area contributed by atoms with Crippen LogP contribution in [0, 0.1) is 24.4 Å². The maximum atomic E-state index is 13.8. The molecule has 0 unspecified atom stereocenters. The molecule has 6 nitrogen and oxygen atoms in total. The Morgan fingerprint density at radius 1 is 1.23 bits per heavy atom. The van der Waals surface area contributed by atoms with Gasteiger partial charge < -0.3 is 15.4 Å². The van der Waals surface area contributed by atoms with Gasteiger partial charge in [-0.25, -0.2) is 18.0 Å². The number of carbonyl (C=O) groups is 1. The summed E-state index contributed by atoms with van der Waals surface area (Å²) < 4.78 is 50.2. The van der Waals surface area contributed by atoms with Crippen LogP contribution in [0.2, 0.25) is 0 Å². The molecular weight excluding hydrogens is 369 g/mol. The van der Waals surface area contributed by atoms with Crippen molar-refractivity contribution < 1.29 is 22.7 Å². The Morgan fingerprint density at radius 2 is 2.00 bits per heavy atom. The lowest BCUT2D eigenvalue weighted by molar-refractivity contribution is 0.252. The summed E-state index contributed by atoms with van der Waals surface area (Å²) in [7, 11) is 1.82. The van der Waals surface area contributed by atoms with Gasteiger partial charge in [-0.1, -0.05) is 0 Å². The van der Waals surface area contributed by atoms with Crippen molar-refractivity contribution in [1.29, 1.82) is 0 Å². The number of hydrogen-bond donors (Lipinski definition) is 3. The molecule has 0 aliphatic rings. The average molecular weight is 388 g/mol. The first-order chi connectivity index (χ1) is 12.4. The molecule has 0 aliphatic carbocycles. The number of nitrogens with zero attached hydrogens (tertiary/aromatic N) is 1. The summed E-state index contributed by atoms with van der Waals surface area (Å²) in [6.45, 7) is 2.04. The van der Waals surface area contributed by atoms with Crippen LogP contribution in [0.3, 0.4) is 0 Å². The highest BCUT2D eigenvalue weighted by atomic mass is 32.1. The third-order valence-corrected chi connectivity index (χ3v) is 4.10. The molecule has 0 saturated carbocycles. The minimum Gasteiger partial charge on any atom is -0.472 e. The number of ether oxygens (including phenoxy) is 1. The van der Waals surface area contributed by atoms with Gasteiger partial charge in [0.05, 0.1) is 5.56 Å². The standard InChI is InChI=1S/C16H19F3N4O2S/c1-9-6-11(17)10(15(19)14(9)18)8-25-12-7-13(26-23-12)22-16(24)21-5-3-4-20-2/h6-7,20H,3-5,8H2,1-2H3,(H2,21,22,24). The molecule has 2 aromatic rings. The van der Waals surface area contributed by atoms with Crippen molar-refractivity contribution in [3.05, 3.63) is 40.7 Å². The van der Waals surface area contributed by atoms with E-state index in [4.69, 9.17) is 4.74 Å². The Hall–Kier alpha value is -2.33. The normalized spacial score (nSPS) is 10.7. The van der Waals surface area contributed by atoms with Gasteiger partial charge in [0.2, 0.25) is 5.88 Å². The first kappa shape index (κ1) is 20.0. The molecule has 0 spiro atoms. The van der Waals surface area contributed by atoms with Crippen LogP contribution in [-0.2, 0) is 6.61 Å². The monoisotopic (exact) mass is 388 g/mol. The summed E-state index contributed by atoms with van der Waals surface area (Å²) in [5.74, 6) is -3.21. The number of aromatic nitrogens is 1. The maximum Gasteiger partial charge on any atom is 0.319 e. The first-order valence-electron chi connectivity index (χ1n) is 7.84. The van der Waals surface area contributed by atoms with Crippen molar-refractivity contribution in [1.82, 2.24) is 15.0 Å². The molecular formula is C16H19F3N4O2S. The van der Waals surface area contributed by atoms with Crippen LogP contribution in [0.4, 0.5) is 23.0 Å². The number of benzene rings is 1. The Bertz CT molecular complexity index is 770. The number of aryl methyl sites for hydroxylation is 1. The highest BCUT2D eigenvalue weighted by Gasteiger charge is 2.18. The van der Waals surface area contributed by atoms with Crippen LogP contribution in [0.15, 0.2) is 12.1 Å². The smallest absolute Gasteiger partial charge is 0.319 e. The van der Waals surface area contributed by atoms with Crippen molar-refractivity contribution in [3.63, 3.8) is 0 Å². The Morgan fingerprint density at radius 3 is 2.73 bits per heavy atom. The van der Waals surface area contributed by atoms with E-state index in [1.807, 2.05) is 7.05 Å². The van der Waals surface area contributed by atoms with Crippen LogP contribution in [-0.4, -0.2) is 30.5 Å². The fourth-order valence-electron chi connectivity index (χ4n) is 2.04. The largest absolute Gasteiger partial charge is 0.472 e. The van der Waals surface area contributed by atoms with Gasteiger partial charge in [-0.2, -0.15) is 4.37 Å². The predicted molar refractivity (Wildman–Crippen MR) is 93.1 cm³/mol. The molecule has 0 bridgehead atoms. The third kappa shape index (κ3) is 5.33. The molecule has 0 atom stereocenters. The van der Waals surface area contributed by atoms with Gasteiger partial charge in [-0.05, 0) is 50.1 Å². The Labute approximate surface area is 152 Å². The van der Waals surface area contributed by atoms with Gasteiger partial charge in [-0.15, -0.1) is 0 Å². The molecule has 10 heteroatoms. The molecule has 1 aromatic carbocycles. The number of hydrogen-bond acceptors (Lipinski definition) is 5. The van der Waals surface area contributed by atoms with Crippen molar-refractivity contribution in [3.8, 4) is 5.88 Å². The number of anilines is 1. The minimum absolute atomic E-state index is 0.0697. The molecule has 0 radical (unpaired) electrons. The van der Waals surface area contributed by atoms with E-state index in [1.165, 1.54) is 13.0 Å². The van der Waals surface area contributed by atoms with E-state index in [0.29, 0.717) is 11.5 Å². The first-order valence-corrected chi connectivity index (χ1v) is 8.61. The van der Waals surface area contributed by atoms with Crippen molar-refractivity contribution in [2.45, 2.75) is 20.0 Å². The molecule has 1 aromatic heterocycles. The van der Waals surface area contributed by atoms with Crippen LogP contribution in [0.5, 0.6) is 5.88 Å². The topological polar surface area (TPSA) is 75.3 Å². The fourth-order valence-corrected chi connectivity index (χ4v) is 2.62. The van der Waals surface area contributed by atoms with E-state index in [1.54, 1.807) is 0 Å². The van der Waals surface area contributed by atoms with Gasteiger partial charge in [0.25, 0.3) is 0 Å². The second-order valence-electron chi connectivity index (χ2n) is 5.44. The quantitative estimate of drug-likeness (QED) is 0.480. The van der Waals surface area contributed by atoms with Gasteiger partial charge in [0, 0.05) is 12.6 Å². The van der Waals surface area contributed by atoms with Crippen molar-refractivity contribution >= 4 is 22.6 Å². The molecule has 2 amide bonds. The van der Waals surface area contributed by atoms with Crippen molar-refractivity contribution in [2.24, 2.45) is 0 Å². The number of rotatable bonds is 8. The van der Waals surface area contributed by atoms with Crippen molar-refractivity contribution in [2.75, 3.05) is 25.5 Å². The highest BCUT2D eigenvalue weighted by Crippen LogP contribution is 2.25. The second-order valence-corrected chi connectivity index (χ2v) is 6.24. The number of amides is 2. The molecule has 0 fully saturated rings. The third-order valence-electron chi connectivity index (χ3n) is 3.41. The molecule has 2 rings (SSSR count). The van der Waals surface area contributed by atoms with E-state index >= 15 is 0 Å². The summed E-state index contributed by atoms with van der Waals surface area (Å²) in [5.41, 5.74) is -0.637. The van der Waals surface area contributed by atoms with Gasteiger partial charge in [0.15, 0.2) is 11.6 Å². The lowest BCUT2D eigenvalue weighted by Crippen LogP contribution is -2.30. The predicted octanol–water partition coefficient (Wildman–Crippen LogP) is 3.18. The van der Waals surface area contributed by atoms with Crippen LogP contribution in [0.1, 0.15) is 17.5 Å². The van der Waals surface area contributed by atoms with E-state index < -0.39 is 35.7 Å². The number of nitrogens with one attached hydrogen (secondary N) is 3. The maximum absolute atomic E-state index is 13.8. The second kappa shape index (κ2) is 9.39. The summed E-state index contributed by atoms with van der Waals surface area (Å²) in [6, 6.07) is 1.93. The lowest BCUT2D eigenvalue weighted by Gasteiger charge is -2.08. The van der Waals surface area contributed by atoms with Crippen LogP contribution >= 0.6 is 11.5 Å². The molecule has 1 heterocycles. The zero-order valence-corrected chi connectivity index (χ0v) is 15.1. The van der Waals surface area contributed by atoms with E-state index in [-0.39, 0.29) is 11.4 Å². The van der Waals surface area contributed by atoms with Gasteiger partial charge >= 0.3 is 6.03 Å². The molecule has 3 N–H and O–H groups in total. The summed E-state index contributed by atoms with van der Waals surface area (Å²) in [6.07, 6.45) is 0.783. The van der Waals surface area contributed by atoms with E-state index in [9.17, 15) is 18.0 Å². The van der Waals surface area contributed by atoms with E-state index in [0.717, 1.165) is 30.6 Å². The number of carbonyl (C=O) groups excluding carboxylic acids is 1. The summed E-state index contributed by atoms with van der Waals surface area (Å²) in [4.78, 5) is 11.7. The minimum atomic E-state index is -1.28. The van der Waals surface area contributed by atoms with Crippen LogP contribution < -0.4 is 20.7 Å². The molecule has 0 aliphatic heterocycles. The highest BCUT2D eigenvalue weighted by molar-refractivity contribution is 7.10. The van der Waals surface area contributed by atoms with Gasteiger partial charge in [-0.3, -0.25) is 5.32 Å². The molecule has 0 saturated heterocycles. The summed E-state index contributed by atoms with van der Waals surface area (Å²) >= 11 is 0.950. The Kier molecular flexibility index (Phi) is 7.22. The zero-order chi connectivity index (χ0) is 19.1. The Balaban J connectivity index is 1.89. The van der Waals surface area contributed by atoms with E-state index in [2.05, 4.69) is 20.3 Å². The summed E-state index contributed by atoms with van der Waals surface area (Å²) in [5, 5.41) is 8.61. The SMILES string of the molecule is CNCCCNC(=O)Nc1cc(OCc2c(F)cc(C)c(F)c2F)ns1. The fraction of sp³-hybridized carbons (Fsp3) is 0.375. The molecule has 26 heavy (non-hydrogen) atoms. The lowest BCUT2D eigenvalue weighted by atomic mass is 10.1. The zero-order valence-electron chi connectivity index (χ0n) is 14.3.